The summed E-state index contributed by atoms with van der Waals surface area (Å²) in [5.74, 6) is 0.954. The van der Waals surface area contributed by atoms with Crippen molar-refractivity contribution in [1.29, 1.82) is 0 Å². The lowest BCUT2D eigenvalue weighted by Gasteiger charge is -2.35. The van der Waals surface area contributed by atoms with Crippen LogP contribution in [0.3, 0.4) is 0 Å². The summed E-state index contributed by atoms with van der Waals surface area (Å²) in [6, 6.07) is 13.7. The zero-order valence-corrected chi connectivity index (χ0v) is 29.7. The van der Waals surface area contributed by atoms with Crippen molar-refractivity contribution < 1.29 is 17.9 Å². The Morgan fingerprint density at radius 1 is 1.00 bits per heavy atom. The third-order valence-corrected chi connectivity index (χ3v) is 10.7. The molecule has 2 aromatic heterocycles. The van der Waals surface area contributed by atoms with E-state index in [1.807, 2.05) is 32.0 Å². The molecule has 11 nitrogen and oxygen atoms in total. The SMILES string of the molecule is Cc1cccc(C)c1-c1cc2nc(n1)NS(=O)(=O)c1cccc(c1)C(=O)N(Cc1cncc(N3CCCC[C@H]3C)n1)[C@H](CCC(C)C)CO2. The first-order valence-corrected chi connectivity index (χ1v) is 18.6. The van der Waals surface area contributed by atoms with Crippen LogP contribution in [0.2, 0.25) is 0 Å². The lowest BCUT2D eigenvalue weighted by atomic mass is 10.00. The number of hydrogen-bond acceptors (Lipinski definition) is 9. The molecule has 0 saturated carbocycles. The smallest absolute Gasteiger partial charge is 0.264 e. The monoisotopic (exact) mass is 683 g/mol. The highest BCUT2D eigenvalue weighted by atomic mass is 32.2. The molecule has 1 fully saturated rings. The van der Waals surface area contributed by atoms with Crippen LogP contribution in [0.4, 0.5) is 11.8 Å². The van der Waals surface area contributed by atoms with E-state index in [1.54, 1.807) is 35.5 Å². The van der Waals surface area contributed by atoms with E-state index in [0.717, 1.165) is 48.3 Å². The van der Waals surface area contributed by atoms with Crippen LogP contribution >= 0.6 is 0 Å². The molecule has 49 heavy (non-hydrogen) atoms. The second-order valence-electron chi connectivity index (χ2n) is 13.6. The molecular formula is C37H45N7O4S. The minimum atomic E-state index is -4.17. The van der Waals surface area contributed by atoms with E-state index in [0.29, 0.717) is 29.8 Å². The third-order valence-electron chi connectivity index (χ3n) is 9.36. The molecule has 6 rings (SSSR count). The quantitative estimate of drug-likeness (QED) is 0.230. The summed E-state index contributed by atoms with van der Waals surface area (Å²) in [6.07, 6.45) is 8.35. The van der Waals surface area contributed by atoms with Gasteiger partial charge in [0, 0.05) is 29.8 Å². The zero-order chi connectivity index (χ0) is 34.7. The largest absolute Gasteiger partial charge is 0.475 e. The van der Waals surface area contributed by atoms with Gasteiger partial charge in [0.25, 0.3) is 15.9 Å². The average molecular weight is 684 g/mol. The van der Waals surface area contributed by atoms with Gasteiger partial charge in [-0.1, -0.05) is 38.1 Å². The van der Waals surface area contributed by atoms with Gasteiger partial charge in [-0.15, -0.1) is 0 Å². The maximum absolute atomic E-state index is 14.5. The first-order chi connectivity index (χ1) is 23.5. The summed E-state index contributed by atoms with van der Waals surface area (Å²) in [7, 11) is -4.17. The number of sulfonamides is 1. The van der Waals surface area contributed by atoms with E-state index in [9.17, 15) is 13.2 Å². The lowest BCUT2D eigenvalue weighted by Crippen LogP contribution is -2.44. The molecule has 4 heterocycles. The molecule has 2 aliphatic heterocycles. The summed E-state index contributed by atoms with van der Waals surface area (Å²) >= 11 is 0. The third kappa shape index (κ3) is 7.85. The van der Waals surface area contributed by atoms with Crippen LogP contribution in [0.1, 0.15) is 80.1 Å². The molecular weight excluding hydrogens is 639 g/mol. The maximum atomic E-state index is 14.5. The highest BCUT2D eigenvalue weighted by Gasteiger charge is 2.30. The fourth-order valence-electron chi connectivity index (χ4n) is 6.66. The van der Waals surface area contributed by atoms with Gasteiger partial charge >= 0.3 is 0 Å². The number of aryl methyl sites for hydroxylation is 2. The lowest BCUT2D eigenvalue weighted by molar-refractivity contribution is 0.0560. The highest BCUT2D eigenvalue weighted by molar-refractivity contribution is 7.92. The van der Waals surface area contributed by atoms with E-state index in [2.05, 4.69) is 45.3 Å². The first kappa shape index (κ1) is 34.3. The minimum Gasteiger partial charge on any atom is -0.475 e. The number of benzene rings is 2. The average Bonchev–Trinajstić information content (AvgIpc) is 3.07. The van der Waals surface area contributed by atoms with Gasteiger partial charge in [0.2, 0.25) is 11.8 Å². The van der Waals surface area contributed by atoms with E-state index >= 15 is 0 Å². The molecule has 1 N–H and O–H groups in total. The molecule has 0 aliphatic carbocycles. The Morgan fingerprint density at radius 2 is 1.78 bits per heavy atom. The van der Waals surface area contributed by atoms with E-state index in [-0.39, 0.29) is 47.4 Å². The molecule has 0 spiro atoms. The van der Waals surface area contributed by atoms with Crippen molar-refractivity contribution in [1.82, 2.24) is 24.8 Å². The molecule has 4 bridgehead atoms. The topological polar surface area (TPSA) is 131 Å². The number of hydrogen-bond donors (Lipinski definition) is 1. The Labute approximate surface area is 289 Å². The molecule has 12 heteroatoms. The molecule has 0 unspecified atom stereocenters. The number of amides is 1. The van der Waals surface area contributed by atoms with Crippen molar-refractivity contribution in [2.45, 2.75) is 90.2 Å². The van der Waals surface area contributed by atoms with Gasteiger partial charge in [0.05, 0.1) is 41.3 Å². The molecule has 2 aliphatic rings. The standard InChI is InChI=1S/C37H45N7O4S/c1-24(2)15-16-30-23-48-34-19-32(35-25(3)10-8-11-26(35)4)40-37(41-34)42-49(46,47)31-14-9-13-28(18-31)36(45)44(30)22-29-20-38-21-33(39-29)43-17-7-6-12-27(43)5/h8-11,13-14,18-21,24,27,30H,6-7,12,15-17,22-23H2,1-5H3,(H,40,41,42)/t27-,30-/m1/s1. The molecule has 4 aromatic rings. The summed E-state index contributed by atoms with van der Waals surface area (Å²) in [5, 5.41) is 0. The number of rotatable bonds is 7. The van der Waals surface area contributed by atoms with Crippen LogP contribution < -0.4 is 14.4 Å². The highest BCUT2D eigenvalue weighted by Crippen LogP contribution is 2.31. The van der Waals surface area contributed by atoms with Crippen LogP contribution in [0.15, 0.2) is 65.8 Å². The van der Waals surface area contributed by atoms with Crippen molar-refractivity contribution in [3.05, 3.63) is 83.3 Å². The van der Waals surface area contributed by atoms with E-state index < -0.39 is 10.0 Å². The Kier molecular flexibility index (Phi) is 10.1. The normalized spacial score (nSPS) is 19.3. The molecule has 1 saturated heterocycles. The number of nitrogens with zero attached hydrogens (tertiary/aromatic N) is 6. The maximum Gasteiger partial charge on any atom is 0.264 e. The number of aromatic nitrogens is 4. The summed E-state index contributed by atoms with van der Waals surface area (Å²) < 4.78 is 36.4. The number of carbonyl (C=O) groups is 1. The number of fused-ring (bicyclic) bond motifs is 4. The van der Waals surface area contributed by atoms with Crippen LogP contribution in [0, 0.1) is 19.8 Å². The van der Waals surface area contributed by atoms with Crippen molar-refractivity contribution in [2.24, 2.45) is 5.92 Å². The Morgan fingerprint density at radius 3 is 2.53 bits per heavy atom. The van der Waals surface area contributed by atoms with Crippen molar-refractivity contribution >= 4 is 27.7 Å². The number of anilines is 2. The van der Waals surface area contributed by atoms with Crippen LogP contribution in [-0.4, -0.2) is 64.4 Å². The van der Waals surface area contributed by atoms with Gasteiger partial charge in [-0.05, 0) is 88.1 Å². The number of nitrogens with one attached hydrogen (secondary N) is 1. The molecule has 258 valence electrons. The predicted octanol–water partition coefficient (Wildman–Crippen LogP) is 6.57. The predicted molar refractivity (Wildman–Crippen MR) is 190 cm³/mol. The minimum absolute atomic E-state index is 0.0688. The Bertz CT molecular complexity index is 1910. The van der Waals surface area contributed by atoms with Gasteiger partial charge in [-0.25, -0.2) is 23.1 Å². The van der Waals surface area contributed by atoms with Crippen molar-refractivity contribution in [3.63, 3.8) is 0 Å². The zero-order valence-electron chi connectivity index (χ0n) is 28.9. The summed E-state index contributed by atoms with van der Waals surface area (Å²) in [6.45, 7) is 11.7. The van der Waals surface area contributed by atoms with Crippen LogP contribution in [0.5, 0.6) is 5.88 Å². The fraction of sp³-hybridized carbons (Fsp3) is 0.432. The number of ether oxygens (including phenoxy) is 1. The van der Waals surface area contributed by atoms with Gasteiger partial charge in [-0.3, -0.25) is 9.78 Å². The van der Waals surface area contributed by atoms with Crippen LogP contribution in [0.25, 0.3) is 11.3 Å². The second kappa shape index (κ2) is 14.5. The van der Waals surface area contributed by atoms with Gasteiger partial charge in [0.15, 0.2) is 0 Å². The summed E-state index contributed by atoms with van der Waals surface area (Å²) in [4.78, 5) is 37.1. The molecule has 2 atom stereocenters. The Balaban J connectivity index is 1.45. The van der Waals surface area contributed by atoms with Gasteiger partial charge in [-0.2, -0.15) is 4.98 Å². The first-order valence-electron chi connectivity index (χ1n) is 17.1. The van der Waals surface area contributed by atoms with Gasteiger partial charge in [0.1, 0.15) is 12.4 Å². The number of carbonyl (C=O) groups excluding carboxylic acids is 1. The molecule has 1 amide bonds. The van der Waals surface area contributed by atoms with Gasteiger partial charge < -0.3 is 14.5 Å². The van der Waals surface area contributed by atoms with E-state index in [4.69, 9.17) is 9.72 Å². The number of piperidine rings is 1. The Hall–Kier alpha value is -4.58. The molecule has 2 aromatic carbocycles. The van der Waals surface area contributed by atoms with Crippen molar-refractivity contribution in [3.8, 4) is 17.1 Å². The van der Waals surface area contributed by atoms with E-state index in [1.165, 1.54) is 18.6 Å². The fourth-order valence-corrected chi connectivity index (χ4v) is 7.65. The van der Waals surface area contributed by atoms with Crippen molar-refractivity contribution in [2.75, 3.05) is 22.8 Å². The summed E-state index contributed by atoms with van der Waals surface area (Å²) in [5.41, 5.74) is 4.27. The van der Waals surface area contributed by atoms with Crippen LogP contribution in [-0.2, 0) is 16.6 Å². The second-order valence-corrected chi connectivity index (χ2v) is 15.3. The molecule has 0 radical (unpaired) electrons.